The van der Waals surface area contributed by atoms with Gasteiger partial charge in [0, 0.05) is 18.7 Å². The van der Waals surface area contributed by atoms with Crippen LogP contribution in [0.15, 0.2) is 23.4 Å². The van der Waals surface area contributed by atoms with Gasteiger partial charge in [-0.25, -0.2) is 0 Å². The van der Waals surface area contributed by atoms with E-state index in [2.05, 4.69) is 5.16 Å². The summed E-state index contributed by atoms with van der Waals surface area (Å²) in [6, 6.07) is 4.97. The summed E-state index contributed by atoms with van der Waals surface area (Å²) >= 11 is 0. The average molecular weight is 181 g/mol. The van der Waals surface area contributed by atoms with Gasteiger partial charge in [0.25, 0.3) is 0 Å². The third-order valence-corrected chi connectivity index (χ3v) is 1.69. The monoisotopic (exact) mass is 181 g/mol. The van der Waals surface area contributed by atoms with Crippen LogP contribution in [0.3, 0.4) is 0 Å². The highest BCUT2D eigenvalue weighted by atomic mass is 16.5. The van der Waals surface area contributed by atoms with E-state index in [1.807, 2.05) is 0 Å². The first kappa shape index (κ1) is 9.38. The molecule has 1 rings (SSSR count). The van der Waals surface area contributed by atoms with E-state index in [-0.39, 0.29) is 5.75 Å². The van der Waals surface area contributed by atoms with Crippen molar-refractivity contribution in [3.8, 4) is 11.5 Å². The number of methoxy groups -OCH3 is 1. The highest BCUT2D eigenvalue weighted by Gasteiger charge is 2.00. The Morgan fingerprint density at radius 1 is 1.54 bits per heavy atom. The van der Waals surface area contributed by atoms with Crippen LogP contribution in [0.25, 0.3) is 0 Å². The summed E-state index contributed by atoms with van der Waals surface area (Å²) in [6.07, 6.45) is 1.70. The lowest BCUT2D eigenvalue weighted by Crippen LogP contribution is -1.89. The van der Waals surface area contributed by atoms with Crippen molar-refractivity contribution in [1.29, 1.82) is 0 Å². The molecule has 0 heterocycles. The van der Waals surface area contributed by atoms with Crippen molar-refractivity contribution in [3.05, 3.63) is 23.8 Å². The molecule has 0 amide bonds. The van der Waals surface area contributed by atoms with Gasteiger partial charge in [-0.05, 0) is 11.6 Å². The largest absolute Gasteiger partial charge is 0.508 e. The average Bonchev–Trinajstić information content (AvgIpc) is 2.16. The summed E-state index contributed by atoms with van der Waals surface area (Å²) in [7, 11) is 1.53. The first-order chi connectivity index (χ1) is 6.27. The number of phenolic OH excluding ortho intramolecular Hbond substituents is 1. The van der Waals surface area contributed by atoms with Gasteiger partial charge in [0.1, 0.15) is 11.5 Å². The highest BCUT2D eigenvalue weighted by molar-refractivity contribution is 5.62. The molecule has 2 N–H and O–H groups in total. The molecule has 0 aromatic heterocycles. The third-order valence-electron chi connectivity index (χ3n) is 1.69. The van der Waals surface area contributed by atoms with E-state index in [1.54, 1.807) is 12.1 Å². The second-order valence-electron chi connectivity index (χ2n) is 2.50. The fraction of sp³-hybridized carbons (Fsp3) is 0.222. The number of ether oxygens (including phenoxy) is 1. The van der Waals surface area contributed by atoms with Gasteiger partial charge in [-0.2, -0.15) is 0 Å². The standard InChI is InChI=1S/C9H11NO3/c1-13-8-3-2-7(4-5-10-12)9(11)6-8/h2-3,5-6,11-12H,4H2,1H3. The summed E-state index contributed by atoms with van der Waals surface area (Å²) in [5.74, 6) is 0.737. The molecule has 13 heavy (non-hydrogen) atoms. The number of phenols is 1. The Balaban J connectivity index is 2.85. The molecule has 0 atom stereocenters. The predicted octanol–water partition coefficient (Wildman–Crippen LogP) is 1.40. The summed E-state index contributed by atoms with van der Waals surface area (Å²) in [4.78, 5) is 0. The van der Waals surface area contributed by atoms with Crippen molar-refractivity contribution in [2.75, 3.05) is 7.11 Å². The quantitative estimate of drug-likeness (QED) is 0.421. The highest BCUT2D eigenvalue weighted by Crippen LogP contribution is 2.23. The van der Waals surface area contributed by atoms with Crippen molar-refractivity contribution in [3.63, 3.8) is 0 Å². The fourth-order valence-electron chi connectivity index (χ4n) is 0.982. The van der Waals surface area contributed by atoms with Gasteiger partial charge in [0.05, 0.1) is 7.11 Å². The molecule has 1 aromatic carbocycles. The van der Waals surface area contributed by atoms with E-state index in [4.69, 9.17) is 9.94 Å². The molecule has 0 fully saturated rings. The first-order valence-electron chi connectivity index (χ1n) is 3.79. The van der Waals surface area contributed by atoms with E-state index in [1.165, 1.54) is 19.4 Å². The predicted molar refractivity (Wildman–Crippen MR) is 48.6 cm³/mol. The van der Waals surface area contributed by atoms with Crippen LogP contribution in [0.2, 0.25) is 0 Å². The van der Waals surface area contributed by atoms with Gasteiger partial charge in [0.15, 0.2) is 0 Å². The van der Waals surface area contributed by atoms with Gasteiger partial charge < -0.3 is 15.1 Å². The Morgan fingerprint density at radius 2 is 2.31 bits per heavy atom. The van der Waals surface area contributed by atoms with Crippen molar-refractivity contribution < 1.29 is 15.1 Å². The zero-order chi connectivity index (χ0) is 9.68. The molecule has 1 aromatic rings. The number of rotatable bonds is 3. The Kier molecular flexibility index (Phi) is 3.14. The molecule has 4 nitrogen and oxygen atoms in total. The van der Waals surface area contributed by atoms with Crippen LogP contribution in [-0.2, 0) is 6.42 Å². The van der Waals surface area contributed by atoms with Crippen LogP contribution in [0.1, 0.15) is 5.56 Å². The number of nitrogens with zero attached hydrogens (tertiary/aromatic N) is 1. The van der Waals surface area contributed by atoms with E-state index in [0.29, 0.717) is 17.7 Å². The van der Waals surface area contributed by atoms with Crippen LogP contribution in [-0.4, -0.2) is 23.6 Å². The molecule has 0 aliphatic heterocycles. The summed E-state index contributed by atoms with van der Waals surface area (Å²) < 4.78 is 4.91. The minimum absolute atomic E-state index is 0.138. The number of hydrogen-bond donors (Lipinski definition) is 2. The van der Waals surface area contributed by atoms with Gasteiger partial charge in [-0.1, -0.05) is 6.07 Å². The molecule has 0 radical (unpaired) electrons. The van der Waals surface area contributed by atoms with Gasteiger partial charge >= 0.3 is 0 Å². The van der Waals surface area contributed by atoms with Crippen LogP contribution in [0.4, 0.5) is 0 Å². The lowest BCUT2D eigenvalue weighted by Gasteiger charge is -2.03. The molecular weight excluding hydrogens is 170 g/mol. The first-order valence-corrected chi connectivity index (χ1v) is 3.79. The zero-order valence-corrected chi connectivity index (χ0v) is 7.27. The van der Waals surface area contributed by atoms with Crippen LogP contribution >= 0.6 is 0 Å². The molecule has 0 unspecified atom stereocenters. The zero-order valence-electron chi connectivity index (χ0n) is 7.27. The smallest absolute Gasteiger partial charge is 0.122 e. The molecule has 4 heteroatoms. The van der Waals surface area contributed by atoms with Gasteiger partial charge in [-0.15, -0.1) is 5.16 Å². The fourth-order valence-corrected chi connectivity index (χ4v) is 0.982. The Morgan fingerprint density at radius 3 is 2.85 bits per heavy atom. The maximum atomic E-state index is 9.43. The molecule has 0 spiro atoms. The molecule has 70 valence electrons. The lowest BCUT2D eigenvalue weighted by molar-refractivity contribution is 0.320. The Bertz CT molecular complexity index is 310. The minimum Gasteiger partial charge on any atom is -0.508 e. The Labute approximate surface area is 76.1 Å². The van der Waals surface area contributed by atoms with Crippen molar-refractivity contribution in [2.24, 2.45) is 5.16 Å². The second-order valence-corrected chi connectivity index (χ2v) is 2.50. The molecule has 0 aliphatic carbocycles. The SMILES string of the molecule is COc1ccc(CC=NO)c(O)c1. The third kappa shape index (κ3) is 2.37. The Hall–Kier alpha value is -1.71. The molecule has 0 saturated carbocycles. The van der Waals surface area contributed by atoms with E-state index < -0.39 is 0 Å². The molecular formula is C9H11NO3. The molecule has 0 aliphatic rings. The molecule has 0 bridgehead atoms. The van der Waals surface area contributed by atoms with Crippen LogP contribution < -0.4 is 4.74 Å². The van der Waals surface area contributed by atoms with E-state index in [0.717, 1.165) is 0 Å². The number of hydrogen-bond acceptors (Lipinski definition) is 4. The number of benzene rings is 1. The number of oxime groups is 1. The van der Waals surface area contributed by atoms with Crippen molar-refractivity contribution in [2.45, 2.75) is 6.42 Å². The van der Waals surface area contributed by atoms with Crippen LogP contribution in [0.5, 0.6) is 11.5 Å². The van der Waals surface area contributed by atoms with Crippen molar-refractivity contribution in [1.82, 2.24) is 0 Å². The van der Waals surface area contributed by atoms with Crippen LogP contribution in [0, 0.1) is 0 Å². The van der Waals surface area contributed by atoms with Crippen molar-refractivity contribution >= 4 is 6.21 Å². The lowest BCUT2D eigenvalue weighted by atomic mass is 10.1. The second kappa shape index (κ2) is 4.35. The summed E-state index contributed by atoms with van der Waals surface area (Å²) in [5.41, 5.74) is 0.693. The molecule has 0 saturated heterocycles. The van der Waals surface area contributed by atoms with E-state index >= 15 is 0 Å². The van der Waals surface area contributed by atoms with Gasteiger partial charge in [0.2, 0.25) is 0 Å². The number of aromatic hydroxyl groups is 1. The topological polar surface area (TPSA) is 62.0 Å². The minimum atomic E-state index is 0.138. The van der Waals surface area contributed by atoms with E-state index in [9.17, 15) is 5.11 Å². The summed E-state index contributed by atoms with van der Waals surface area (Å²) in [6.45, 7) is 0. The normalized spacial score (nSPS) is 10.5. The maximum absolute atomic E-state index is 9.43. The maximum Gasteiger partial charge on any atom is 0.122 e. The summed E-state index contributed by atoms with van der Waals surface area (Å²) in [5, 5.41) is 20.5. The van der Waals surface area contributed by atoms with Gasteiger partial charge in [-0.3, -0.25) is 0 Å².